The number of hydrogen-bond donors (Lipinski definition) is 1. The van der Waals surface area contributed by atoms with Crippen molar-refractivity contribution in [2.24, 2.45) is 0 Å². The highest BCUT2D eigenvalue weighted by Crippen LogP contribution is 2.27. The van der Waals surface area contributed by atoms with Crippen molar-refractivity contribution in [2.45, 2.75) is 31.7 Å². The van der Waals surface area contributed by atoms with E-state index in [4.69, 9.17) is 4.74 Å². The Balaban J connectivity index is 2.18. The second-order valence-electron chi connectivity index (χ2n) is 3.95. The van der Waals surface area contributed by atoms with Crippen LogP contribution in [-0.2, 0) is 0 Å². The van der Waals surface area contributed by atoms with Gasteiger partial charge in [-0.3, -0.25) is 4.98 Å². The molecular formula is C12H18N2O. The summed E-state index contributed by atoms with van der Waals surface area (Å²) in [5.74, 6) is 0.900. The molecule has 1 fully saturated rings. The third-order valence-electron chi connectivity index (χ3n) is 2.91. The van der Waals surface area contributed by atoms with Crippen LogP contribution in [0.1, 0.15) is 37.4 Å². The molecule has 1 N–H and O–H groups in total. The third kappa shape index (κ3) is 2.48. The maximum atomic E-state index is 5.34. The number of rotatable bonds is 2. The SMILES string of the molecule is COc1cccnc1C1CCCCCN1. The van der Waals surface area contributed by atoms with E-state index in [1.165, 1.54) is 19.3 Å². The van der Waals surface area contributed by atoms with Gasteiger partial charge in [0.05, 0.1) is 18.8 Å². The Morgan fingerprint density at radius 3 is 3.20 bits per heavy atom. The predicted molar refractivity (Wildman–Crippen MR) is 60.0 cm³/mol. The van der Waals surface area contributed by atoms with E-state index in [2.05, 4.69) is 10.3 Å². The van der Waals surface area contributed by atoms with E-state index in [0.717, 1.165) is 24.4 Å². The molecule has 0 amide bonds. The first-order valence-corrected chi connectivity index (χ1v) is 5.64. The smallest absolute Gasteiger partial charge is 0.141 e. The summed E-state index contributed by atoms with van der Waals surface area (Å²) >= 11 is 0. The molecule has 0 bridgehead atoms. The number of ether oxygens (including phenoxy) is 1. The average Bonchev–Trinajstić information content (AvgIpc) is 2.57. The second-order valence-corrected chi connectivity index (χ2v) is 3.95. The van der Waals surface area contributed by atoms with Gasteiger partial charge in [0.1, 0.15) is 5.75 Å². The third-order valence-corrected chi connectivity index (χ3v) is 2.91. The van der Waals surface area contributed by atoms with E-state index < -0.39 is 0 Å². The molecule has 15 heavy (non-hydrogen) atoms. The number of nitrogens with one attached hydrogen (secondary N) is 1. The van der Waals surface area contributed by atoms with Crippen LogP contribution in [0.2, 0.25) is 0 Å². The molecule has 0 spiro atoms. The molecule has 3 nitrogen and oxygen atoms in total. The lowest BCUT2D eigenvalue weighted by Gasteiger charge is -2.17. The fraction of sp³-hybridized carbons (Fsp3) is 0.583. The van der Waals surface area contributed by atoms with Gasteiger partial charge in [0, 0.05) is 6.20 Å². The van der Waals surface area contributed by atoms with Gasteiger partial charge in [-0.1, -0.05) is 12.8 Å². The van der Waals surface area contributed by atoms with E-state index in [1.54, 1.807) is 7.11 Å². The van der Waals surface area contributed by atoms with Gasteiger partial charge < -0.3 is 10.1 Å². The van der Waals surface area contributed by atoms with Crippen LogP contribution in [-0.4, -0.2) is 18.6 Å². The lowest BCUT2D eigenvalue weighted by atomic mass is 10.1. The van der Waals surface area contributed by atoms with Crippen molar-refractivity contribution in [1.82, 2.24) is 10.3 Å². The summed E-state index contributed by atoms with van der Waals surface area (Å²) in [6.07, 6.45) is 6.86. The number of pyridine rings is 1. The molecule has 1 aromatic heterocycles. The van der Waals surface area contributed by atoms with Crippen LogP contribution < -0.4 is 10.1 Å². The van der Waals surface area contributed by atoms with Crippen LogP contribution in [0.25, 0.3) is 0 Å². The Labute approximate surface area is 90.9 Å². The van der Waals surface area contributed by atoms with Crippen molar-refractivity contribution in [3.8, 4) is 5.75 Å². The molecule has 0 aliphatic carbocycles. The largest absolute Gasteiger partial charge is 0.495 e. The van der Waals surface area contributed by atoms with Gasteiger partial charge in [-0.05, 0) is 31.5 Å². The summed E-state index contributed by atoms with van der Waals surface area (Å²) in [6.45, 7) is 1.09. The van der Waals surface area contributed by atoms with Gasteiger partial charge >= 0.3 is 0 Å². The number of methoxy groups -OCH3 is 1. The molecule has 0 saturated carbocycles. The lowest BCUT2D eigenvalue weighted by Crippen LogP contribution is -2.21. The molecule has 1 aliphatic rings. The molecule has 1 unspecified atom stereocenters. The van der Waals surface area contributed by atoms with Gasteiger partial charge in [0.15, 0.2) is 0 Å². The summed E-state index contributed by atoms with van der Waals surface area (Å²) < 4.78 is 5.34. The van der Waals surface area contributed by atoms with Crippen LogP contribution in [0.4, 0.5) is 0 Å². The molecular weight excluding hydrogens is 188 g/mol. The maximum absolute atomic E-state index is 5.34. The predicted octanol–water partition coefficient (Wildman–Crippen LogP) is 2.29. The molecule has 82 valence electrons. The van der Waals surface area contributed by atoms with E-state index >= 15 is 0 Å². The Kier molecular flexibility index (Phi) is 3.56. The minimum atomic E-state index is 0.364. The van der Waals surface area contributed by atoms with Crippen LogP contribution in [0.5, 0.6) is 5.75 Å². The van der Waals surface area contributed by atoms with Gasteiger partial charge in [0.2, 0.25) is 0 Å². The normalized spacial score (nSPS) is 22.1. The number of hydrogen-bond acceptors (Lipinski definition) is 3. The lowest BCUT2D eigenvalue weighted by molar-refractivity contribution is 0.392. The molecule has 0 aromatic carbocycles. The van der Waals surface area contributed by atoms with Crippen molar-refractivity contribution in [2.75, 3.05) is 13.7 Å². The Morgan fingerprint density at radius 2 is 2.33 bits per heavy atom. The van der Waals surface area contributed by atoms with Crippen LogP contribution in [0.3, 0.4) is 0 Å². The monoisotopic (exact) mass is 206 g/mol. The highest BCUT2D eigenvalue weighted by atomic mass is 16.5. The van der Waals surface area contributed by atoms with Gasteiger partial charge in [-0.15, -0.1) is 0 Å². The molecule has 3 heteroatoms. The molecule has 0 radical (unpaired) electrons. The first-order valence-electron chi connectivity index (χ1n) is 5.64. The van der Waals surface area contributed by atoms with Gasteiger partial charge in [0.25, 0.3) is 0 Å². The summed E-state index contributed by atoms with van der Waals surface area (Å²) in [7, 11) is 1.71. The minimum absolute atomic E-state index is 0.364. The first kappa shape index (κ1) is 10.4. The molecule has 1 aromatic rings. The van der Waals surface area contributed by atoms with E-state index in [0.29, 0.717) is 6.04 Å². The molecule has 2 heterocycles. The Morgan fingerprint density at radius 1 is 1.40 bits per heavy atom. The summed E-state index contributed by atoms with van der Waals surface area (Å²) in [4.78, 5) is 4.43. The summed E-state index contributed by atoms with van der Waals surface area (Å²) in [5.41, 5.74) is 1.06. The van der Waals surface area contributed by atoms with Gasteiger partial charge in [-0.2, -0.15) is 0 Å². The second kappa shape index (κ2) is 5.12. The molecule has 1 atom stereocenters. The van der Waals surface area contributed by atoms with Crippen molar-refractivity contribution in [3.63, 3.8) is 0 Å². The number of aromatic nitrogens is 1. The van der Waals surface area contributed by atoms with Crippen LogP contribution in [0.15, 0.2) is 18.3 Å². The molecule has 1 aliphatic heterocycles. The zero-order chi connectivity index (χ0) is 10.5. The van der Waals surface area contributed by atoms with Crippen LogP contribution >= 0.6 is 0 Å². The molecule has 2 rings (SSSR count). The van der Waals surface area contributed by atoms with Crippen molar-refractivity contribution in [1.29, 1.82) is 0 Å². The van der Waals surface area contributed by atoms with Crippen LogP contribution in [0, 0.1) is 0 Å². The van der Waals surface area contributed by atoms with E-state index in [1.807, 2.05) is 18.3 Å². The highest BCUT2D eigenvalue weighted by molar-refractivity contribution is 5.29. The fourth-order valence-corrected chi connectivity index (χ4v) is 2.10. The Bertz CT molecular complexity index is 306. The first-order chi connectivity index (χ1) is 7.42. The zero-order valence-corrected chi connectivity index (χ0v) is 9.20. The topological polar surface area (TPSA) is 34.1 Å². The standard InChI is InChI=1S/C12H18N2O/c1-15-11-7-5-9-14-12(11)10-6-3-2-4-8-13-10/h5,7,9-10,13H,2-4,6,8H2,1H3. The highest BCUT2D eigenvalue weighted by Gasteiger charge is 2.18. The van der Waals surface area contributed by atoms with Crippen molar-refractivity contribution >= 4 is 0 Å². The van der Waals surface area contributed by atoms with E-state index in [-0.39, 0.29) is 0 Å². The van der Waals surface area contributed by atoms with Gasteiger partial charge in [-0.25, -0.2) is 0 Å². The van der Waals surface area contributed by atoms with Crippen molar-refractivity contribution in [3.05, 3.63) is 24.0 Å². The zero-order valence-electron chi connectivity index (χ0n) is 9.20. The molecule has 1 saturated heterocycles. The minimum Gasteiger partial charge on any atom is -0.495 e. The number of nitrogens with zero attached hydrogens (tertiary/aromatic N) is 1. The summed E-state index contributed by atoms with van der Waals surface area (Å²) in [5, 5.41) is 3.53. The van der Waals surface area contributed by atoms with E-state index in [9.17, 15) is 0 Å². The summed E-state index contributed by atoms with van der Waals surface area (Å²) in [6, 6.07) is 4.26. The maximum Gasteiger partial charge on any atom is 0.141 e. The fourth-order valence-electron chi connectivity index (χ4n) is 2.10. The van der Waals surface area contributed by atoms with Crippen molar-refractivity contribution < 1.29 is 4.74 Å². The average molecular weight is 206 g/mol. The quantitative estimate of drug-likeness (QED) is 0.806. The Hall–Kier alpha value is -1.09.